The molecule has 2 rings (SSSR count). The average molecular weight is 280 g/mol. The number of sulfone groups is 1. The first-order valence-electron chi connectivity index (χ1n) is 6.08. The van der Waals surface area contributed by atoms with Gasteiger partial charge in [-0.15, -0.1) is 0 Å². The summed E-state index contributed by atoms with van der Waals surface area (Å²) in [7, 11) is -3.80. The number of carbonyl (C=O) groups excluding carboxylic acids is 1. The van der Waals surface area contributed by atoms with Crippen LogP contribution >= 0.6 is 0 Å². The van der Waals surface area contributed by atoms with E-state index in [0.29, 0.717) is 24.4 Å². The summed E-state index contributed by atoms with van der Waals surface area (Å²) < 4.78 is 24.8. The Bertz CT molecular complexity index is 658. The van der Waals surface area contributed by atoms with Crippen molar-refractivity contribution in [3.05, 3.63) is 34.7 Å². The van der Waals surface area contributed by atoms with Crippen molar-refractivity contribution in [3.8, 4) is 0 Å². The molecule has 19 heavy (non-hydrogen) atoms. The van der Waals surface area contributed by atoms with Crippen molar-refractivity contribution in [1.82, 2.24) is 4.90 Å². The van der Waals surface area contributed by atoms with E-state index in [-0.39, 0.29) is 9.80 Å². The molecule has 0 aromatic heterocycles. The number of benzene rings is 1. The number of primary amides is 1. The molecule has 1 aliphatic heterocycles. The molecule has 5 nitrogen and oxygen atoms in total. The van der Waals surface area contributed by atoms with Gasteiger partial charge in [-0.25, -0.2) is 8.42 Å². The van der Waals surface area contributed by atoms with Crippen LogP contribution in [0.5, 0.6) is 0 Å². The maximum atomic E-state index is 12.4. The normalized spacial score (nSPS) is 16.3. The van der Waals surface area contributed by atoms with Gasteiger partial charge in [0.25, 0.3) is 5.91 Å². The van der Waals surface area contributed by atoms with Crippen LogP contribution in [0.25, 0.3) is 5.70 Å². The van der Waals surface area contributed by atoms with Crippen LogP contribution in [0.1, 0.15) is 19.4 Å². The van der Waals surface area contributed by atoms with E-state index in [1.165, 1.54) is 6.07 Å². The topological polar surface area (TPSA) is 80.5 Å². The lowest BCUT2D eigenvalue weighted by molar-refractivity contribution is -0.113. The van der Waals surface area contributed by atoms with Crippen LogP contribution in [-0.4, -0.2) is 32.3 Å². The van der Waals surface area contributed by atoms with E-state index in [2.05, 4.69) is 0 Å². The molecule has 1 heterocycles. The van der Waals surface area contributed by atoms with Crippen molar-refractivity contribution in [2.75, 3.05) is 13.1 Å². The van der Waals surface area contributed by atoms with Crippen molar-refractivity contribution in [2.45, 2.75) is 18.7 Å². The van der Waals surface area contributed by atoms with Crippen molar-refractivity contribution in [1.29, 1.82) is 0 Å². The van der Waals surface area contributed by atoms with Crippen LogP contribution in [0.4, 0.5) is 0 Å². The lowest BCUT2D eigenvalue weighted by atomic mass is 10.1. The van der Waals surface area contributed by atoms with Crippen LogP contribution in [-0.2, 0) is 14.6 Å². The molecule has 0 spiro atoms. The molecule has 1 aromatic carbocycles. The Morgan fingerprint density at radius 3 is 2.32 bits per heavy atom. The molecular weight excluding hydrogens is 264 g/mol. The van der Waals surface area contributed by atoms with Crippen LogP contribution in [0, 0.1) is 0 Å². The summed E-state index contributed by atoms with van der Waals surface area (Å²) in [6.07, 6.45) is 0. The lowest BCUT2D eigenvalue weighted by Gasteiger charge is -2.23. The molecule has 2 N–H and O–H groups in total. The van der Waals surface area contributed by atoms with Crippen molar-refractivity contribution < 1.29 is 13.2 Å². The summed E-state index contributed by atoms with van der Waals surface area (Å²) in [6.45, 7) is 5.02. The van der Waals surface area contributed by atoms with Gasteiger partial charge in [0.05, 0.1) is 10.6 Å². The van der Waals surface area contributed by atoms with Gasteiger partial charge in [0.1, 0.15) is 0 Å². The van der Waals surface area contributed by atoms with E-state index in [1.807, 2.05) is 18.7 Å². The number of hydrogen-bond donors (Lipinski definition) is 1. The van der Waals surface area contributed by atoms with Crippen LogP contribution < -0.4 is 5.73 Å². The zero-order valence-corrected chi connectivity index (χ0v) is 11.7. The summed E-state index contributed by atoms with van der Waals surface area (Å²) in [5, 5.41) is 0. The highest BCUT2D eigenvalue weighted by molar-refractivity contribution is 7.97. The van der Waals surface area contributed by atoms with Crippen LogP contribution in [0.15, 0.2) is 34.1 Å². The molecule has 0 saturated heterocycles. The van der Waals surface area contributed by atoms with Gasteiger partial charge in [0, 0.05) is 18.7 Å². The van der Waals surface area contributed by atoms with E-state index in [9.17, 15) is 13.2 Å². The summed E-state index contributed by atoms with van der Waals surface area (Å²) >= 11 is 0. The zero-order valence-electron chi connectivity index (χ0n) is 10.9. The second-order valence-electron chi connectivity index (χ2n) is 4.21. The maximum Gasteiger partial charge on any atom is 0.262 e. The SMILES string of the molecule is CCN(CC)C1=C(C(N)=O)S(=O)(=O)c2ccccc21. The monoisotopic (exact) mass is 280 g/mol. The third-order valence-corrected chi connectivity index (χ3v) is 5.09. The van der Waals surface area contributed by atoms with Gasteiger partial charge in [-0.1, -0.05) is 18.2 Å². The first-order chi connectivity index (χ1) is 8.95. The Kier molecular flexibility index (Phi) is 3.36. The predicted molar refractivity (Wildman–Crippen MR) is 72.7 cm³/mol. The molecule has 0 atom stereocenters. The summed E-state index contributed by atoms with van der Waals surface area (Å²) in [5.74, 6) is -0.905. The molecule has 0 fully saturated rings. The Morgan fingerprint density at radius 2 is 1.79 bits per heavy atom. The Hall–Kier alpha value is -1.82. The average Bonchev–Trinajstić information content (AvgIpc) is 2.61. The largest absolute Gasteiger partial charge is 0.370 e. The van der Waals surface area contributed by atoms with Gasteiger partial charge in [0.2, 0.25) is 9.84 Å². The summed E-state index contributed by atoms with van der Waals surface area (Å²) in [4.78, 5) is 13.3. The Labute approximate surface area is 112 Å². The van der Waals surface area contributed by atoms with E-state index < -0.39 is 15.7 Å². The quantitative estimate of drug-likeness (QED) is 0.891. The minimum Gasteiger partial charge on any atom is -0.370 e. The number of carbonyl (C=O) groups is 1. The fourth-order valence-electron chi connectivity index (χ4n) is 2.36. The standard InChI is InChI=1S/C13H16N2O3S/c1-3-15(4-2)11-9-7-5-6-8-10(9)19(17,18)12(11)13(14)16/h5-8H,3-4H2,1-2H3,(H2,14,16). The van der Waals surface area contributed by atoms with E-state index >= 15 is 0 Å². The van der Waals surface area contributed by atoms with Gasteiger partial charge in [-0.05, 0) is 19.9 Å². The second kappa shape index (κ2) is 4.70. The van der Waals surface area contributed by atoms with Gasteiger partial charge in [0.15, 0.2) is 4.91 Å². The predicted octanol–water partition coefficient (Wildman–Crippen LogP) is 0.970. The first-order valence-corrected chi connectivity index (χ1v) is 7.57. The van der Waals surface area contributed by atoms with Crippen LogP contribution in [0.2, 0.25) is 0 Å². The summed E-state index contributed by atoms with van der Waals surface area (Å²) in [6, 6.07) is 6.60. The molecular formula is C13H16N2O3S. The third kappa shape index (κ3) is 1.92. The lowest BCUT2D eigenvalue weighted by Crippen LogP contribution is -2.26. The molecule has 6 heteroatoms. The molecule has 0 bridgehead atoms. The smallest absolute Gasteiger partial charge is 0.262 e. The minimum absolute atomic E-state index is 0.158. The number of nitrogens with two attached hydrogens (primary N) is 1. The molecule has 1 amide bonds. The number of fused-ring (bicyclic) bond motifs is 1. The zero-order chi connectivity index (χ0) is 14.2. The molecule has 0 unspecified atom stereocenters. The Morgan fingerprint density at radius 1 is 1.21 bits per heavy atom. The van der Waals surface area contributed by atoms with Gasteiger partial charge in [-0.3, -0.25) is 4.79 Å². The highest BCUT2D eigenvalue weighted by atomic mass is 32.2. The van der Waals surface area contributed by atoms with Crippen molar-refractivity contribution in [2.24, 2.45) is 5.73 Å². The molecule has 0 radical (unpaired) electrons. The molecule has 0 saturated carbocycles. The van der Waals surface area contributed by atoms with Crippen LogP contribution in [0.3, 0.4) is 0 Å². The first kappa shape index (κ1) is 13.6. The van der Waals surface area contributed by atoms with Gasteiger partial charge >= 0.3 is 0 Å². The van der Waals surface area contributed by atoms with E-state index in [4.69, 9.17) is 5.73 Å². The molecule has 1 aromatic rings. The third-order valence-electron chi connectivity index (χ3n) is 3.22. The summed E-state index contributed by atoms with van der Waals surface area (Å²) in [5.41, 5.74) is 6.27. The van der Waals surface area contributed by atoms with Crippen molar-refractivity contribution in [3.63, 3.8) is 0 Å². The number of amides is 1. The number of hydrogen-bond acceptors (Lipinski definition) is 4. The number of nitrogens with zero attached hydrogens (tertiary/aromatic N) is 1. The Balaban J connectivity index is 2.82. The fraction of sp³-hybridized carbons (Fsp3) is 0.308. The van der Waals surface area contributed by atoms with Gasteiger partial charge in [-0.2, -0.15) is 0 Å². The fourth-order valence-corrected chi connectivity index (χ4v) is 4.05. The van der Waals surface area contributed by atoms with Gasteiger partial charge < -0.3 is 10.6 Å². The maximum absolute atomic E-state index is 12.4. The molecule has 1 aliphatic rings. The van der Waals surface area contributed by atoms with Crippen molar-refractivity contribution >= 4 is 21.4 Å². The van der Waals surface area contributed by atoms with E-state index in [1.54, 1.807) is 18.2 Å². The molecule has 0 aliphatic carbocycles. The highest BCUT2D eigenvalue weighted by Crippen LogP contribution is 2.40. The highest BCUT2D eigenvalue weighted by Gasteiger charge is 2.40. The second-order valence-corrected chi connectivity index (χ2v) is 6.07. The number of rotatable bonds is 4. The minimum atomic E-state index is -3.80. The van der Waals surface area contributed by atoms with E-state index in [0.717, 1.165) is 0 Å². The molecule has 102 valence electrons.